The van der Waals surface area contributed by atoms with Gasteiger partial charge in [0.15, 0.2) is 0 Å². The Morgan fingerprint density at radius 3 is 3.07 bits per heavy atom. The summed E-state index contributed by atoms with van der Waals surface area (Å²) >= 11 is 0. The van der Waals surface area contributed by atoms with Crippen molar-refractivity contribution in [3.63, 3.8) is 0 Å². The summed E-state index contributed by atoms with van der Waals surface area (Å²) in [6.07, 6.45) is 3.12. The normalized spacial score (nSPS) is 10.0. The molecule has 1 heterocycles. The van der Waals surface area contributed by atoms with Gasteiger partial charge in [0.05, 0.1) is 32.2 Å². The number of nitrogens with zero attached hydrogens (tertiary/aromatic N) is 2. The molecule has 1 aromatic rings. The van der Waals surface area contributed by atoms with E-state index in [1.807, 2.05) is 0 Å². The van der Waals surface area contributed by atoms with Crippen molar-refractivity contribution in [2.45, 2.75) is 6.61 Å². The molecule has 15 heavy (non-hydrogen) atoms. The Hall–Kier alpha value is -1.62. The van der Waals surface area contributed by atoms with Crippen LogP contribution >= 0.6 is 0 Å². The summed E-state index contributed by atoms with van der Waals surface area (Å²) in [5, 5.41) is 3.97. The molecule has 0 aromatic carbocycles. The monoisotopic (exact) mass is 210 g/mol. The van der Waals surface area contributed by atoms with Crippen LogP contribution < -0.4 is 0 Å². The fourth-order valence-electron chi connectivity index (χ4n) is 1.15. The third-order valence-corrected chi connectivity index (χ3v) is 1.94. The van der Waals surface area contributed by atoms with E-state index in [1.165, 1.54) is 13.3 Å². The molecular weight excluding hydrogens is 196 g/mol. The van der Waals surface area contributed by atoms with E-state index in [0.29, 0.717) is 24.5 Å². The van der Waals surface area contributed by atoms with Gasteiger partial charge in [0.25, 0.3) is 0 Å². The van der Waals surface area contributed by atoms with Gasteiger partial charge in [-0.25, -0.2) is 4.79 Å². The minimum absolute atomic E-state index is 0.312. The average Bonchev–Trinajstić information content (AvgIpc) is 2.60. The molecule has 0 fully saturated rings. The lowest BCUT2D eigenvalue weighted by molar-refractivity contribution is 0.0593. The van der Waals surface area contributed by atoms with Crippen molar-refractivity contribution in [1.82, 2.24) is 9.78 Å². The minimum Gasteiger partial charge on any atom is -0.465 e. The first-order valence-electron chi connectivity index (χ1n) is 4.48. The predicted molar refractivity (Wildman–Crippen MR) is 54.4 cm³/mol. The maximum Gasteiger partial charge on any atom is 0.341 e. The Morgan fingerprint density at radius 2 is 2.47 bits per heavy atom. The van der Waals surface area contributed by atoms with Crippen LogP contribution in [-0.2, 0) is 23.1 Å². The summed E-state index contributed by atoms with van der Waals surface area (Å²) in [6, 6.07) is 0. The quantitative estimate of drug-likeness (QED) is 0.412. The number of aromatic nitrogens is 2. The molecule has 5 nitrogen and oxygen atoms in total. The molecule has 0 bridgehead atoms. The number of ether oxygens (including phenoxy) is 2. The highest BCUT2D eigenvalue weighted by Gasteiger charge is 2.16. The molecule has 0 aliphatic carbocycles. The highest BCUT2D eigenvalue weighted by Crippen LogP contribution is 2.10. The zero-order valence-corrected chi connectivity index (χ0v) is 8.90. The standard InChI is InChI=1S/C10H14N2O3/c1-4-5-15-7-9-8(10(13)14-3)6-11-12(9)2/h4,6H,1,5,7H2,2-3H3. The van der Waals surface area contributed by atoms with Crippen LogP contribution in [0.1, 0.15) is 16.1 Å². The Bertz CT molecular complexity index is 358. The maximum atomic E-state index is 11.3. The summed E-state index contributed by atoms with van der Waals surface area (Å²) in [5.41, 5.74) is 1.13. The van der Waals surface area contributed by atoms with E-state index in [2.05, 4.69) is 16.4 Å². The first-order chi connectivity index (χ1) is 7.20. The summed E-state index contributed by atoms with van der Waals surface area (Å²) in [5.74, 6) is -0.402. The van der Waals surface area contributed by atoms with Crippen LogP contribution in [0.2, 0.25) is 0 Å². The van der Waals surface area contributed by atoms with Crippen LogP contribution in [0.25, 0.3) is 0 Å². The van der Waals surface area contributed by atoms with Crippen LogP contribution in [-0.4, -0.2) is 29.5 Å². The van der Waals surface area contributed by atoms with Crippen molar-refractivity contribution in [3.05, 3.63) is 30.1 Å². The van der Waals surface area contributed by atoms with Crippen LogP contribution in [0.4, 0.5) is 0 Å². The van der Waals surface area contributed by atoms with E-state index in [1.54, 1.807) is 17.8 Å². The summed E-state index contributed by atoms with van der Waals surface area (Å²) < 4.78 is 11.5. The number of carbonyl (C=O) groups excluding carboxylic acids is 1. The molecular formula is C10H14N2O3. The molecule has 1 aromatic heterocycles. The summed E-state index contributed by atoms with van der Waals surface area (Å²) in [4.78, 5) is 11.3. The smallest absolute Gasteiger partial charge is 0.341 e. The molecule has 0 aliphatic rings. The lowest BCUT2D eigenvalue weighted by Crippen LogP contribution is -2.08. The van der Waals surface area contributed by atoms with Crippen molar-refractivity contribution in [2.75, 3.05) is 13.7 Å². The highest BCUT2D eigenvalue weighted by molar-refractivity contribution is 5.90. The molecule has 0 atom stereocenters. The predicted octanol–water partition coefficient (Wildman–Crippen LogP) is 0.909. The number of rotatable bonds is 5. The SMILES string of the molecule is C=CCOCc1c(C(=O)OC)cnn1C. The molecule has 0 radical (unpaired) electrons. The Morgan fingerprint density at radius 1 is 1.73 bits per heavy atom. The third kappa shape index (κ3) is 2.66. The third-order valence-electron chi connectivity index (χ3n) is 1.94. The molecule has 1 rings (SSSR count). The molecule has 0 amide bonds. The molecule has 0 aliphatic heterocycles. The lowest BCUT2D eigenvalue weighted by atomic mass is 10.2. The van der Waals surface area contributed by atoms with Crippen molar-refractivity contribution >= 4 is 5.97 Å². The number of hydrogen-bond donors (Lipinski definition) is 0. The topological polar surface area (TPSA) is 53.4 Å². The van der Waals surface area contributed by atoms with E-state index >= 15 is 0 Å². The lowest BCUT2D eigenvalue weighted by Gasteiger charge is -2.04. The van der Waals surface area contributed by atoms with Gasteiger partial charge in [-0.3, -0.25) is 4.68 Å². The van der Waals surface area contributed by atoms with Gasteiger partial charge in [-0.1, -0.05) is 6.08 Å². The van der Waals surface area contributed by atoms with Crippen LogP contribution in [0, 0.1) is 0 Å². The van der Waals surface area contributed by atoms with E-state index in [-0.39, 0.29) is 0 Å². The summed E-state index contributed by atoms with van der Waals surface area (Å²) in [6.45, 7) is 4.29. The first kappa shape index (κ1) is 11.5. The number of hydrogen-bond acceptors (Lipinski definition) is 4. The average molecular weight is 210 g/mol. The van der Waals surface area contributed by atoms with Gasteiger partial charge in [0.1, 0.15) is 5.56 Å². The largest absolute Gasteiger partial charge is 0.465 e. The van der Waals surface area contributed by atoms with E-state index < -0.39 is 5.97 Å². The molecule has 5 heteroatoms. The van der Waals surface area contributed by atoms with E-state index in [0.717, 1.165) is 0 Å². The van der Waals surface area contributed by atoms with Crippen LogP contribution in [0.5, 0.6) is 0 Å². The van der Waals surface area contributed by atoms with Crippen molar-refractivity contribution in [3.8, 4) is 0 Å². The number of esters is 1. The number of aryl methyl sites for hydroxylation is 1. The van der Waals surface area contributed by atoms with Crippen molar-refractivity contribution in [1.29, 1.82) is 0 Å². The number of carbonyl (C=O) groups is 1. The highest BCUT2D eigenvalue weighted by atomic mass is 16.5. The van der Waals surface area contributed by atoms with Gasteiger partial charge in [0.2, 0.25) is 0 Å². The van der Waals surface area contributed by atoms with Crippen LogP contribution in [0.15, 0.2) is 18.9 Å². The Labute approximate surface area is 88.3 Å². The van der Waals surface area contributed by atoms with Gasteiger partial charge in [-0.15, -0.1) is 6.58 Å². The minimum atomic E-state index is -0.402. The zero-order chi connectivity index (χ0) is 11.3. The number of methoxy groups -OCH3 is 1. The second-order valence-electron chi connectivity index (χ2n) is 2.92. The Kier molecular flexibility index (Phi) is 4.05. The fraction of sp³-hybridized carbons (Fsp3) is 0.400. The maximum absolute atomic E-state index is 11.3. The van der Waals surface area contributed by atoms with Gasteiger partial charge < -0.3 is 9.47 Å². The van der Waals surface area contributed by atoms with E-state index in [4.69, 9.17) is 4.74 Å². The van der Waals surface area contributed by atoms with Crippen molar-refractivity contribution in [2.24, 2.45) is 7.05 Å². The van der Waals surface area contributed by atoms with E-state index in [9.17, 15) is 4.79 Å². The summed E-state index contributed by atoms with van der Waals surface area (Å²) in [7, 11) is 3.09. The second kappa shape index (κ2) is 5.31. The van der Waals surface area contributed by atoms with Crippen molar-refractivity contribution < 1.29 is 14.3 Å². The zero-order valence-electron chi connectivity index (χ0n) is 8.90. The molecule has 82 valence electrons. The first-order valence-corrected chi connectivity index (χ1v) is 4.48. The molecule has 0 N–H and O–H groups in total. The molecule has 0 spiro atoms. The van der Waals surface area contributed by atoms with Gasteiger partial charge >= 0.3 is 5.97 Å². The second-order valence-corrected chi connectivity index (χ2v) is 2.92. The van der Waals surface area contributed by atoms with Gasteiger partial charge in [-0.2, -0.15) is 5.10 Å². The molecule has 0 unspecified atom stereocenters. The Balaban J connectivity index is 2.79. The molecule has 0 saturated carbocycles. The van der Waals surface area contributed by atoms with Gasteiger partial charge in [0, 0.05) is 7.05 Å². The molecule has 0 saturated heterocycles. The van der Waals surface area contributed by atoms with Crippen LogP contribution in [0.3, 0.4) is 0 Å². The fourth-order valence-corrected chi connectivity index (χ4v) is 1.15. The van der Waals surface area contributed by atoms with Gasteiger partial charge in [-0.05, 0) is 0 Å².